The van der Waals surface area contributed by atoms with E-state index in [-0.39, 0.29) is 54.8 Å². The van der Waals surface area contributed by atoms with Gasteiger partial charge in [0.25, 0.3) is 0 Å². The molecule has 0 fully saturated rings. The van der Waals surface area contributed by atoms with Crippen LogP contribution in [0.5, 0.6) is 0 Å². The Morgan fingerprint density at radius 3 is 1.67 bits per heavy atom. The van der Waals surface area contributed by atoms with Crippen molar-refractivity contribution in [1.82, 2.24) is 26.6 Å². The van der Waals surface area contributed by atoms with Crippen molar-refractivity contribution in [3.63, 3.8) is 0 Å². The summed E-state index contributed by atoms with van der Waals surface area (Å²) in [5.74, 6) is -4.29. The highest BCUT2D eigenvalue weighted by Crippen LogP contribution is 2.14. The molecule has 0 aliphatic carbocycles. The lowest BCUT2D eigenvalue weighted by Gasteiger charge is -2.31. The van der Waals surface area contributed by atoms with E-state index in [1.54, 1.807) is 34.6 Å². The summed E-state index contributed by atoms with van der Waals surface area (Å²) in [6.45, 7) is 18.3. The molecule has 0 radical (unpaired) electrons. The van der Waals surface area contributed by atoms with Gasteiger partial charge in [-0.3, -0.25) is 24.0 Å². The van der Waals surface area contributed by atoms with E-state index in [1.807, 2.05) is 65.0 Å². The number of rotatable bonds is 22. The molecule has 0 bridgehead atoms. The van der Waals surface area contributed by atoms with Crippen molar-refractivity contribution in [3.05, 3.63) is 35.9 Å². The lowest BCUT2D eigenvalue weighted by atomic mass is 9.94. The van der Waals surface area contributed by atoms with Gasteiger partial charge in [0, 0.05) is 24.9 Å². The third-order valence-corrected chi connectivity index (χ3v) is 8.81. The Morgan fingerprint density at radius 2 is 1.18 bits per heavy atom. The van der Waals surface area contributed by atoms with Gasteiger partial charge in [0.2, 0.25) is 29.5 Å². The topological polar surface area (TPSA) is 209 Å². The maximum Gasteiger partial charge on any atom is 0.326 e. The van der Waals surface area contributed by atoms with Crippen LogP contribution in [0.4, 0.5) is 0 Å². The summed E-state index contributed by atoms with van der Waals surface area (Å²) >= 11 is 0. The molecule has 8 N–H and O–H groups in total. The third kappa shape index (κ3) is 16.3. The van der Waals surface area contributed by atoms with Crippen LogP contribution < -0.4 is 32.3 Å². The molecule has 0 saturated heterocycles. The second-order valence-electron chi connectivity index (χ2n) is 15.2. The maximum atomic E-state index is 13.9. The second-order valence-corrected chi connectivity index (χ2v) is 15.2. The zero-order valence-corrected chi connectivity index (χ0v) is 32.2. The van der Waals surface area contributed by atoms with Gasteiger partial charge in [0.1, 0.15) is 24.2 Å². The number of aliphatic carboxylic acids is 1. The average Bonchev–Trinajstić information content (AvgIpc) is 3.02. The van der Waals surface area contributed by atoms with E-state index in [9.17, 15) is 33.9 Å². The summed E-state index contributed by atoms with van der Waals surface area (Å²) in [4.78, 5) is 78.3. The van der Waals surface area contributed by atoms with Crippen LogP contribution in [-0.4, -0.2) is 76.9 Å². The van der Waals surface area contributed by atoms with Crippen LogP contribution in [0.3, 0.4) is 0 Å². The minimum absolute atomic E-state index is 0.102. The molecule has 0 aliphatic rings. The first-order valence-corrected chi connectivity index (χ1v) is 18.3. The standard InChI is InChI=1S/C38H64N6O7/c1-11-25(10)34(37(49)44-33(24(8)9)38(50)51)42-31(46)20-27(39)28(19-26-15-13-12-14-16-26)41-36(48)32(23(6)7)43-35(47)29(17-21(2)3)40-30(45)18-22(4)5/h12-16,21-25,27-29,32-34H,11,17-20,39H2,1-10H3,(H,40,45)(H,41,48)(H,42,46)(H,43,47)(H,44,49)(H,50,51)/t25-,27?,28?,29-,32-,33-,34-/m0/s1. The molecule has 13 nitrogen and oxygen atoms in total. The molecule has 288 valence electrons. The summed E-state index contributed by atoms with van der Waals surface area (Å²) in [6.07, 6.45) is 1.24. The fraction of sp³-hybridized carbons (Fsp3) is 0.684. The first-order valence-electron chi connectivity index (χ1n) is 18.3. The number of hydrogen-bond donors (Lipinski definition) is 7. The molecule has 0 aromatic heterocycles. The number of carboxylic acids is 1. The fourth-order valence-corrected chi connectivity index (χ4v) is 5.61. The number of nitrogens with two attached hydrogens (primary N) is 1. The Hall–Kier alpha value is -4.00. The number of nitrogens with one attached hydrogen (secondary N) is 5. The molecule has 1 aromatic carbocycles. The van der Waals surface area contributed by atoms with E-state index in [4.69, 9.17) is 5.73 Å². The Morgan fingerprint density at radius 1 is 0.647 bits per heavy atom. The number of benzene rings is 1. The summed E-state index contributed by atoms with van der Waals surface area (Å²) in [5.41, 5.74) is 7.48. The van der Waals surface area contributed by atoms with Gasteiger partial charge in [-0.05, 0) is 48.0 Å². The van der Waals surface area contributed by atoms with Crippen LogP contribution in [0.25, 0.3) is 0 Å². The second kappa shape index (κ2) is 22.0. The smallest absolute Gasteiger partial charge is 0.326 e. The molecule has 13 heteroatoms. The monoisotopic (exact) mass is 716 g/mol. The SMILES string of the molecule is CC[C@H](C)[C@H](NC(=O)CC(N)C(Cc1ccccc1)NC(=O)[C@@H](NC(=O)[C@H](CC(C)C)NC(=O)CC(C)C)C(C)C)C(=O)N[C@H](C(=O)O)C(C)C. The summed E-state index contributed by atoms with van der Waals surface area (Å²) in [5, 5.41) is 23.5. The number of carbonyl (C=O) groups is 6. The van der Waals surface area contributed by atoms with Crippen molar-refractivity contribution in [2.75, 3.05) is 0 Å². The van der Waals surface area contributed by atoms with E-state index in [1.165, 1.54) is 0 Å². The largest absolute Gasteiger partial charge is 0.480 e. The van der Waals surface area contributed by atoms with Crippen LogP contribution in [0.1, 0.15) is 100 Å². The quantitative estimate of drug-likeness (QED) is 0.0947. The predicted molar refractivity (Wildman–Crippen MR) is 198 cm³/mol. The fourth-order valence-electron chi connectivity index (χ4n) is 5.61. The lowest BCUT2D eigenvalue weighted by molar-refractivity contribution is -0.143. The highest BCUT2D eigenvalue weighted by molar-refractivity contribution is 5.93. The highest BCUT2D eigenvalue weighted by atomic mass is 16.4. The molecule has 5 amide bonds. The Balaban J connectivity index is 3.24. The van der Waals surface area contributed by atoms with Gasteiger partial charge in [-0.25, -0.2) is 4.79 Å². The molecular formula is C38H64N6O7. The minimum Gasteiger partial charge on any atom is -0.480 e. The molecule has 2 unspecified atom stereocenters. The van der Waals surface area contributed by atoms with Gasteiger partial charge >= 0.3 is 5.97 Å². The first kappa shape index (κ1) is 45.0. The van der Waals surface area contributed by atoms with Crippen LogP contribution >= 0.6 is 0 Å². The number of amides is 5. The molecule has 0 spiro atoms. The van der Waals surface area contributed by atoms with E-state index >= 15 is 0 Å². The van der Waals surface area contributed by atoms with Crippen LogP contribution in [0, 0.1) is 29.6 Å². The van der Waals surface area contributed by atoms with Gasteiger partial charge in [0.05, 0.1) is 0 Å². The van der Waals surface area contributed by atoms with E-state index in [0.29, 0.717) is 12.8 Å². The Labute approximate surface area is 304 Å². The molecule has 7 atom stereocenters. The van der Waals surface area contributed by atoms with Gasteiger partial charge in [-0.15, -0.1) is 0 Å². The molecule has 0 heterocycles. The zero-order valence-electron chi connectivity index (χ0n) is 32.2. The normalized spacial score (nSPS) is 15.7. The third-order valence-electron chi connectivity index (χ3n) is 8.81. The number of carbonyl (C=O) groups excluding carboxylic acids is 5. The van der Waals surface area contributed by atoms with E-state index < -0.39 is 65.8 Å². The zero-order chi connectivity index (χ0) is 39.0. The maximum absolute atomic E-state index is 13.9. The van der Waals surface area contributed by atoms with Crippen LogP contribution in [-0.2, 0) is 35.2 Å². The van der Waals surface area contributed by atoms with Gasteiger partial charge in [-0.2, -0.15) is 0 Å². The molecular weight excluding hydrogens is 652 g/mol. The van der Waals surface area contributed by atoms with E-state index in [0.717, 1.165) is 5.56 Å². The molecule has 51 heavy (non-hydrogen) atoms. The molecule has 1 aromatic rings. The summed E-state index contributed by atoms with van der Waals surface area (Å²) < 4.78 is 0. The first-order chi connectivity index (χ1) is 23.8. The van der Waals surface area contributed by atoms with Crippen molar-refractivity contribution in [2.24, 2.45) is 35.3 Å². The predicted octanol–water partition coefficient (Wildman–Crippen LogP) is 2.91. The van der Waals surface area contributed by atoms with Crippen molar-refractivity contribution >= 4 is 35.5 Å². The summed E-state index contributed by atoms with van der Waals surface area (Å²) in [6, 6.07) is 3.76. The highest BCUT2D eigenvalue weighted by Gasteiger charge is 2.34. The van der Waals surface area contributed by atoms with Gasteiger partial charge in [-0.1, -0.05) is 106 Å². The van der Waals surface area contributed by atoms with Crippen molar-refractivity contribution in [2.45, 2.75) is 138 Å². The van der Waals surface area contributed by atoms with Crippen molar-refractivity contribution < 1.29 is 33.9 Å². The average molecular weight is 717 g/mol. The molecule has 0 aliphatic heterocycles. The van der Waals surface area contributed by atoms with Crippen molar-refractivity contribution in [1.29, 1.82) is 0 Å². The Kier molecular flexibility index (Phi) is 19.5. The van der Waals surface area contributed by atoms with Gasteiger partial charge < -0.3 is 37.4 Å². The lowest BCUT2D eigenvalue weighted by Crippen LogP contribution is -2.60. The van der Waals surface area contributed by atoms with Crippen LogP contribution in [0.15, 0.2) is 30.3 Å². The van der Waals surface area contributed by atoms with Crippen LogP contribution in [0.2, 0.25) is 0 Å². The molecule has 1 rings (SSSR count). The Bertz CT molecular complexity index is 1290. The van der Waals surface area contributed by atoms with E-state index in [2.05, 4.69) is 26.6 Å². The minimum atomic E-state index is -1.17. The molecule has 0 saturated carbocycles. The summed E-state index contributed by atoms with van der Waals surface area (Å²) in [7, 11) is 0. The van der Waals surface area contributed by atoms with Crippen molar-refractivity contribution in [3.8, 4) is 0 Å². The number of carboxylic acid groups (broad SMARTS) is 1. The number of hydrogen-bond acceptors (Lipinski definition) is 7. The van der Waals surface area contributed by atoms with Gasteiger partial charge in [0.15, 0.2) is 0 Å².